The van der Waals surface area contributed by atoms with Crippen molar-refractivity contribution in [1.29, 1.82) is 0 Å². The van der Waals surface area contributed by atoms with Gasteiger partial charge in [-0.25, -0.2) is 0 Å². The molecule has 2 aliphatic rings. The first-order valence-electron chi connectivity index (χ1n) is 6.31. The Morgan fingerprint density at radius 1 is 1.35 bits per heavy atom. The molecule has 3 unspecified atom stereocenters. The fourth-order valence-corrected chi connectivity index (χ4v) is 3.49. The van der Waals surface area contributed by atoms with Crippen LogP contribution in [0.25, 0.3) is 0 Å². The third-order valence-corrected chi connectivity index (χ3v) is 4.63. The van der Waals surface area contributed by atoms with E-state index in [-0.39, 0.29) is 0 Å². The molecule has 1 saturated carbocycles. The van der Waals surface area contributed by atoms with Crippen molar-refractivity contribution in [2.45, 2.75) is 25.4 Å². The van der Waals surface area contributed by atoms with Crippen molar-refractivity contribution in [2.24, 2.45) is 17.6 Å². The Bertz CT molecular complexity index is 392. The molecule has 0 aromatic carbocycles. The number of rotatable bonds is 2. The Morgan fingerprint density at radius 2 is 2.24 bits per heavy atom. The number of hydrogen-bond donors (Lipinski definition) is 1. The van der Waals surface area contributed by atoms with E-state index < -0.39 is 0 Å². The lowest BCUT2D eigenvalue weighted by Gasteiger charge is -2.17. The van der Waals surface area contributed by atoms with Crippen molar-refractivity contribution < 1.29 is 0 Å². The van der Waals surface area contributed by atoms with Gasteiger partial charge in [0, 0.05) is 36.3 Å². The van der Waals surface area contributed by atoms with Crippen molar-refractivity contribution in [1.82, 2.24) is 9.88 Å². The molecule has 0 bridgehead atoms. The number of nitrogens with zero attached hydrogens (tertiary/aromatic N) is 2. The van der Waals surface area contributed by atoms with Crippen LogP contribution in [0.4, 0.5) is 0 Å². The molecule has 0 amide bonds. The Morgan fingerprint density at radius 3 is 2.94 bits per heavy atom. The molecule has 3 atom stereocenters. The van der Waals surface area contributed by atoms with Gasteiger partial charge in [-0.2, -0.15) is 0 Å². The fraction of sp³-hybridized carbons (Fsp3) is 0.615. The lowest BCUT2D eigenvalue weighted by Crippen LogP contribution is -2.30. The lowest BCUT2D eigenvalue weighted by molar-refractivity contribution is 0.295. The Balaban J connectivity index is 1.62. The Labute approximate surface area is 111 Å². The van der Waals surface area contributed by atoms with Gasteiger partial charge in [-0.3, -0.25) is 9.88 Å². The first-order valence-corrected chi connectivity index (χ1v) is 7.10. The number of pyridine rings is 1. The SMILES string of the molecule is NC1CCC2CN(Cc3ccc(Br)cn3)CC12. The van der Waals surface area contributed by atoms with Crippen LogP contribution in [0.3, 0.4) is 0 Å². The number of halogens is 1. The highest BCUT2D eigenvalue weighted by Gasteiger charge is 2.40. The van der Waals surface area contributed by atoms with Gasteiger partial charge < -0.3 is 5.73 Å². The van der Waals surface area contributed by atoms with Gasteiger partial charge in [0.2, 0.25) is 0 Å². The van der Waals surface area contributed by atoms with E-state index >= 15 is 0 Å². The molecule has 0 radical (unpaired) electrons. The minimum Gasteiger partial charge on any atom is -0.327 e. The normalized spacial score (nSPS) is 32.9. The summed E-state index contributed by atoms with van der Waals surface area (Å²) >= 11 is 3.41. The molecule has 17 heavy (non-hydrogen) atoms. The standard InChI is InChI=1S/C13H18BrN3/c14-10-2-3-11(16-5-10)7-17-6-9-1-4-13(15)12(9)8-17/h2-3,5,9,12-13H,1,4,6-8,15H2. The molecule has 1 saturated heterocycles. The van der Waals surface area contributed by atoms with Crippen molar-refractivity contribution in [3.8, 4) is 0 Å². The fourth-order valence-electron chi connectivity index (χ4n) is 3.26. The van der Waals surface area contributed by atoms with Crippen LogP contribution in [0.15, 0.2) is 22.8 Å². The number of nitrogens with two attached hydrogens (primary N) is 1. The molecule has 1 aromatic rings. The average Bonchev–Trinajstić information content (AvgIpc) is 2.85. The molecule has 0 spiro atoms. The lowest BCUT2D eigenvalue weighted by atomic mass is 9.98. The van der Waals surface area contributed by atoms with E-state index in [1.807, 2.05) is 6.20 Å². The molecule has 1 aliphatic heterocycles. The minimum atomic E-state index is 0.433. The van der Waals surface area contributed by atoms with Crippen LogP contribution in [0.2, 0.25) is 0 Å². The molecule has 4 heteroatoms. The van der Waals surface area contributed by atoms with Gasteiger partial charge in [0.25, 0.3) is 0 Å². The smallest absolute Gasteiger partial charge is 0.0544 e. The second kappa shape index (κ2) is 4.67. The van der Waals surface area contributed by atoms with Crippen molar-refractivity contribution in [2.75, 3.05) is 13.1 Å². The third-order valence-electron chi connectivity index (χ3n) is 4.16. The second-order valence-corrected chi connectivity index (χ2v) is 6.24. The molecule has 92 valence electrons. The van der Waals surface area contributed by atoms with Crippen LogP contribution in [0, 0.1) is 11.8 Å². The summed E-state index contributed by atoms with van der Waals surface area (Å²) in [4.78, 5) is 6.94. The Kier molecular flexibility index (Phi) is 3.19. The summed E-state index contributed by atoms with van der Waals surface area (Å²) in [5, 5.41) is 0. The van der Waals surface area contributed by atoms with Crippen molar-refractivity contribution in [3.05, 3.63) is 28.5 Å². The number of fused-ring (bicyclic) bond motifs is 1. The quantitative estimate of drug-likeness (QED) is 0.908. The van der Waals surface area contributed by atoms with Crippen LogP contribution in [0.5, 0.6) is 0 Å². The van der Waals surface area contributed by atoms with Gasteiger partial charge in [0.15, 0.2) is 0 Å². The predicted octanol–water partition coefficient (Wildman–Crippen LogP) is 2.01. The topological polar surface area (TPSA) is 42.1 Å². The van der Waals surface area contributed by atoms with Gasteiger partial charge in [-0.1, -0.05) is 0 Å². The van der Waals surface area contributed by atoms with E-state index in [1.54, 1.807) is 0 Å². The number of aromatic nitrogens is 1. The van der Waals surface area contributed by atoms with Crippen LogP contribution in [-0.2, 0) is 6.54 Å². The maximum absolute atomic E-state index is 6.15. The van der Waals surface area contributed by atoms with Gasteiger partial charge in [0.05, 0.1) is 5.69 Å². The summed E-state index contributed by atoms with van der Waals surface area (Å²) in [6.07, 6.45) is 4.41. The summed E-state index contributed by atoms with van der Waals surface area (Å²) in [6, 6.07) is 4.59. The zero-order valence-corrected chi connectivity index (χ0v) is 11.4. The van der Waals surface area contributed by atoms with E-state index in [0.717, 1.165) is 35.1 Å². The van der Waals surface area contributed by atoms with Crippen LogP contribution >= 0.6 is 15.9 Å². The minimum absolute atomic E-state index is 0.433. The molecule has 2 fully saturated rings. The zero-order chi connectivity index (χ0) is 11.8. The molecule has 2 N–H and O–H groups in total. The second-order valence-electron chi connectivity index (χ2n) is 5.33. The highest BCUT2D eigenvalue weighted by atomic mass is 79.9. The van der Waals surface area contributed by atoms with Crippen molar-refractivity contribution >= 4 is 15.9 Å². The van der Waals surface area contributed by atoms with E-state index in [2.05, 4.69) is 37.9 Å². The van der Waals surface area contributed by atoms with E-state index in [9.17, 15) is 0 Å². The first-order chi connectivity index (χ1) is 8.22. The summed E-state index contributed by atoms with van der Waals surface area (Å²) < 4.78 is 1.04. The van der Waals surface area contributed by atoms with Crippen LogP contribution in [-0.4, -0.2) is 29.0 Å². The Hall–Kier alpha value is -0.450. The maximum Gasteiger partial charge on any atom is 0.0544 e. The number of hydrogen-bond acceptors (Lipinski definition) is 3. The third kappa shape index (κ3) is 2.39. The molecular formula is C13H18BrN3. The molecule has 3 rings (SSSR count). The van der Waals surface area contributed by atoms with E-state index in [4.69, 9.17) is 5.73 Å². The first kappa shape index (κ1) is 11.6. The molecular weight excluding hydrogens is 278 g/mol. The molecule has 3 nitrogen and oxygen atoms in total. The largest absolute Gasteiger partial charge is 0.327 e. The average molecular weight is 296 g/mol. The summed E-state index contributed by atoms with van der Waals surface area (Å²) in [5.41, 5.74) is 7.30. The summed E-state index contributed by atoms with van der Waals surface area (Å²) in [6.45, 7) is 3.33. The van der Waals surface area contributed by atoms with E-state index in [0.29, 0.717) is 6.04 Å². The zero-order valence-electron chi connectivity index (χ0n) is 9.85. The van der Waals surface area contributed by atoms with Gasteiger partial charge >= 0.3 is 0 Å². The monoisotopic (exact) mass is 295 g/mol. The van der Waals surface area contributed by atoms with Crippen LogP contribution < -0.4 is 5.73 Å². The van der Waals surface area contributed by atoms with Gasteiger partial charge in [-0.05, 0) is 52.7 Å². The maximum atomic E-state index is 6.15. The highest BCUT2D eigenvalue weighted by Crippen LogP contribution is 2.37. The molecule has 2 heterocycles. The molecule has 1 aliphatic carbocycles. The van der Waals surface area contributed by atoms with E-state index in [1.165, 1.54) is 19.4 Å². The molecule has 1 aromatic heterocycles. The summed E-state index contributed by atoms with van der Waals surface area (Å²) in [5.74, 6) is 1.56. The summed E-state index contributed by atoms with van der Waals surface area (Å²) in [7, 11) is 0. The number of likely N-dealkylation sites (tertiary alicyclic amines) is 1. The highest BCUT2D eigenvalue weighted by molar-refractivity contribution is 9.10. The van der Waals surface area contributed by atoms with Gasteiger partial charge in [-0.15, -0.1) is 0 Å². The van der Waals surface area contributed by atoms with Gasteiger partial charge in [0.1, 0.15) is 0 Å². The predicted molar refractivity (Wildman–Crippen MR) is 71.4 cm³/mol. The van der Waals surface area contributed by atoms with Crippen molar-refractivity contribution in [3.63, 3.8) is 0 Å². The van der Waals surface area contributed by atoms with Crippen LogP contribution in [0.1, 0.15) is 18.5 Å².